The summed E-state index contributed by atoms with van der Waals surface area (Å²) in [5, 5.41) is 16.7. The highest BCUT2D eigenvalue weighted by molar-refractivity contribution is 5.99. The fraction of sp³-hybridized carbons (Fsp3) is 0.211. The first-order chi connectivity index (χ1) is 13.1. The number of rotatable bonds is 7. The number of aromatic amines is 1. The summed E-state index contributed by atoms with van der Waals surface area (Å²) >= 11 is 0. The number of nitrogens with two attached hydrogens (primary N) is 1. The third-order valence-electron chi connectivity index (χ3n) is 4.16. The molecule has 0 aliphatic carbocycles. The van der Waals surface area contributed by atoms with Crippen LogP contribution in [0.5, 0.6) is 0 Å². The third-order valence-corrected chi connectivity index (χ3v) is 4.16. The number of aromatic nitrogens is 2. The highest BCUT2D eigenvalue weighted by Gasteiger charge is 2.23. The van der Waals surface area contributed by atoms with Crippen LogP contribution in [0.15, 0.2) is 55.0 Å². The molecule has 27 heavy (non-hydrogen) atoms. The van der Waals surface area contributed by atoms with Crippen LogP contribution in [-0.2, 0) is 16.0 Å². The Balaban J connectivity index is 1.61. The average molecular weight is 367 g/mol. The van der Waals surface area contributed by atoms with Gasteiger partial charge >= 0.3 is 0 Å². The third kappa shape index (κ3) is 4.69. The maximum absolute atomic E-state index is 12.4. The highest BCUT2D eigenvalue weighted by atomic mass is 16.3. The number of amides is 2. The quantitative estimate of drug-likeness (QED) is 0.416. The van der Waals surface area contributed by atoms with Gasteiger partial charge in [0, 0.05) is 24.0 Å². The van der Waals surface area contributed by atoms with Crippen LogP contribution in [0, 0.1) is 0 Å². The number of benzene rings is 2. The van der Waals surface area contributed by atoms with E-state index in [4.69, 9.17) is 5.73 Å². The van der Waals surface area contributed by atoms with Gasteiger partial charge in [-0.05, 0) is 22.9 Å². The van der Waals surface area contributed by atoms with Crippen LogP contribution in [0.2, 0.25) is 0 Å². The van der Waals surface area contributed by atoms with Gasteiger partial charge in [0.25, 0.3) is 0 Å². The van der Waals surface area contributed by atoms with Crippen molar-refractivity contribution in [3.8, 4) is 0 Å². The van der Waals surface area contributed by atoms with E-state index in [9.17, 15) is 14.7 Å². The second kappa shape index (κ2) is 8.43. The molecule has 3 rings (SSSR count). The minimum atomic E-state index is -1.10. The molecule has 2 atom stereocenters. The smallest absolute Gasteiger partial charge is 0.249 e. The molecule has 0 radical (unpaired) electrons. The summed E-state index contributed by atoms with van der Waals surface area (Å²) in [7, 11) is 0. The maximum Gasteiger partial charge on any atom is 0.249 e. The zero-order valence-electron chi connectivity index (χ0n) is 14.6. The van der Waals surface area contributed by atoms with Gasteiger partial charge in [-0.2, -0.15) is 0 Å². The van der Waals surface area contributed by atoms with Gasteiger partial charge in [0.1, 0.15) is 6.04 Å². The number of hydrogen-bond donors (Lipinski definition) is 5. The van der Waals surface area contributed by atoms with Crippen molar-refractivity contribution in [3.63, 3.8) is 0 Å². The second-order valence-corrected chi connectivity index (χ2v) is 6.18. The summed E-state index contributed by atoms with van der Waals surface area (Å²) in [6, 6.07) is 11.3. The van der Waals surface area contributed by atoms with E-state index in [1.54, 1.807) is 12.3 Å². The van der Waals surface area contributed by atoms with Gasteiger partial charge in [-0.3, -0.25) is 9.59 Å². The summed E-state index contributed by atoms with van der Waals surface area (Å²) in [5.74, 6) is -1.05. The van der Waals surface area contributed by atoms with Gasteiger partial charge < -0.3 is 26.5 Å². The van der Waals surface area contributed by atoms with Crippen LogP contribution in [0.25, 0.3) is 10.8 Å². The van der Waals surface area contributed by atoms with Crippen molar-refractivity contribution < 1.29 is 14.7 Å². The Bertz CT molecular complexity index is 926. The van der Waals surface area contributed by atoms with Crippen LogP contribution in [0.3, 0.4) is 0 Å². The topological polar surface area (TPSA) is 133 Å². The largest absolute Gasteiger partial charge is 0.394 e. The predicted molar refractivity (Wildman–Crippen MR) is 102 cm³/mol. The molecule has 0 aliphatic heterocycles. The van der Waals surface area contributed by atoms with E-state index in [-0.39, 0.29) is 6.42 Å². The SMILES string of the molecule is N[C@@H](Cc1cnc[nH]1)C(=O)N[C@@H](CO)C(=O)Nc1ccc2ccccc2c1. The summed E-state index contributed by atoms with van der Waals surface area (Å²) in [4.78, 5) is 31.3. The van der Waals surface area contributed by atoms with Crippen LogP contribution >= 0.6 is 0 Å². The normalized spacial score (nSPS) is 13.1. The lowest BCUT2D eigenvalue weighted by atomic mass is 10.1. The van der Waals surface area contributed by atoms with E-state index in [1.165, 1.54) is 6.33 Å². The number of carbonyl (C=O) groups is 2. The molecule has 0 saturated carbocycles. The molecule has 2 amide bonds. The van der Waals surface area contributed by atoms with Crippen LogP contribution < -0.4 is 16.4 Å². The second-order valence-electron chi connectivity index (χ2n) is 6.18. The molecule has 0 fully saturated rings. The van der Waals surface area contributed by atoms with Crippen molar-refractivity contribution in [2.45, 2.75) is 18.5 Å². The molecule has 6 N–H and O–H groups in total. The summed E-state index contributed by atoms with van der Waals surface area (Å²) in [5.41, 5.74) is 7.14. The summed E-state index contributed by atoms with van der Waals surface area (Å²) < 4.78 is 0. The molecule has 0 saturated heterocycles. The number of aliphatic hydroxyl groups is 1. The first kappa shape index (κ1) is 18.6. The van der Waals surface area contributed by atoms with Gasteiger partial charge in [-0.25, -0.2) is 4.98 Å². The lowest BCUT2D eigenvalue weighted by Crippen LogP contribution is -2.52. The Morgan fingerprint density at radius 1 is 1.15 bits per heavy atom. The molecular formula is C19H21N5O3. The van der Waals surface area contributed by atoms with E-state index in [0.29, 0.717) is 11.4 Å². The zero-order valence-corrected chi connectivity index (χ0v) is 14.6. The summed E-state index contributed by atoms with van der Waals surface area (Å²) in [6.45, 7) is -0.540. The highest BCUT2D eigenvalue weighted by Crippen LogP contribution is 2.18. The van der Waals surface area contributed by atoms with E-state index in [0.717, 1.165) is 10.8 Å². The molecule has 0 bridgehead atoms. The number of carbonyl (C=O) groups excluding carboxylic acids is 2. The molecule has 0 aliphatic rings. The standard InChI is InChI=1S/C19H21N5O3/c20-16(8-15-9-21-11-22-15)18(26)24-17(10-25)19(27)23-14-6-5-12-3-1-2-4-13(12)7-14/h1-7,9,11,16-17,25H,8,10,20H2,(H,21,22)(H,23,27)(H,24,26)/t16-,17-/m0/s1. The van der Waals surface area contributed by atoms with Crippen molar-refractivity contribution in [2.75, 3.05) is 11.9 Å². The van der Waals surface area contributed by atoms with Gasteiger partial charge in [0.15, 0.2) is 0 Å². The Hall–Kier alpha value is -3.23. The van der Waals surface area contributed by atoms with Crippen molar-refractivity contribution in [2.24, 2.45) is 5.73 Å². The predicted octanol–water partition coefficient (Wildman–Crippen LogP) is 0.549. The molecule has 3 aromatic rings. The molecule has 140 valence electrons. The van der Waals surface area contributed by atoms with Gasteiger partial charge in [-0.15, -0.1) is 0 Å². The molecule has 0 unspecified atom stereocenters. The number of anilines is 1. The zero-order chi connectivity index (χ0) is 19.2. The van der Waals surface area contributed by atoms with Crippen molar-refractivity contribution >= 4 is 28.3 Å². The van der Waals surface area contributed by atoms with E-state index < -0.39 is 30.5 Å². The Morgan fingerprint density at radius 2 is 1.93 bits per heavy atom. The van der Waals surface area contributed by atoms with Crippen LogP contribution in [0.1, 0.15) is 5.69 Å². The number of H-pyrrole nitrogens is 1. The lowest BCUT2D eigenvalue weighted by molar-refractivity contribution is -0.128. The Kier molecular flexibility index (Phi) is 5.80. The monoisotopic (exact) mass is 367 g/mol. The van der Waals surface area contributed by atoms with Crippen molar-refractivity contribution in [1.29, 1.82) is 0 Å². The number of fused-ring (bicyclic) bond motifs is 1. The first-order valence-corrected chi connectivity index (χ1v) is 8.50. The number of nitrogens with zero attached hydrogens (tertiary/aromatic N) is 1. The number of imidazole rings is 1. The van der Waals surface area contributed by atoms with Gasteiger partial charge in [-0.1, -0.05) is 30.3 Å². The number of hydrogen-bond acceptors (Lipinski definition) is 5. The molecule has 0 spiro atoms. The van der Waals surface area contributed by atoms with Crippen molar-refractivity contribution in [1.82, 2.24) is 15.3 Å². The first-order valence-electron chi connectivity index (χ1n) is 8.50. The Morgan fingerprint density at radius 3 is 2.63 bits per heavy atom. The van der Waals surface area contributed by atoms with Gasteiger partial charge in [0.05, 0.1) is 19.0 Å². The lowest BCUT2D eigenvalue weighted by Gasteiger charge is -2.19. The molecule has 8 nitrogen and oxygen atoms in total. The van der Waals surface area contributed by atoms with E-state index in [1.807, 2.05) is 36.4 Å². The molecule has 1 heterocycles. The van der Waals surface area contributed by atoms with Crippen LogP contribution in [-0.4, -0.2) is 45.6 Å². The Labute approximate surface area is 155 Å². The molecule has 8 heteroatoms. The fourth-order valence-electron chi connectivity index (χ4n) is 2.70. The maximum atomic E-state index is 12.4. The van der Waals surface area contributed by atoms with E-state index >= 15 is 0 Å². The van der Waals surface area contributed by atoms with Crippen LogP contribution in [0.4, 0.5) is 5.69 Å². The molecular weight excluding hydrogens is 346 g/mol. The number of aliphatic hydroxyl groups excluding tert-OH is 1. The minimum Gasteiger partial charge on any atom is -0.394 e. The fourth-order valence-corrected chi connectivity index (χ4v) is 2.70. The molecule has 2 aromatic carbocycles. The van der Waals surface area contributed by atoms with Gasteiger partial charge in [0.2, 0.25) is 11.8 Å². The van der Waals surface area contributed by atoms with Crippen molar-refractivity contribution in [3.05, 3.63) is 60.7 Å². The average Bonchev–Trinajstić information content (AvgIpc) is 3.18. The number of nitrogens with one attached hydrogen (secondary N) is 3. The molecule has 1 aromatic heterocycles. The summed E-state index contributed by atoms with van der Waals surface area (Å²) in [6.07, 6.45) is 3.31. The minimum absolute atomic E-state index is 0.246. The van der Waals surface area contributed by atoms with E-state index in [2.05, 4.69) is 20.6 Å².